The first-order valence-corrected chi connectivity index (χ1v) is 7.68. The topological polar surface area (TPSA) is 57.2 Å². The molecule has 0 aliphatic carbocycles. The molecule has 2 aliphatic heterocycles. The lowest BCUT2D eigenvalue weighted by molar-refractivity contribution is -0.0442. The molecule has 116 valence electrons. The summed E-state index contributed by atoms with van der Waals surface area (Å²) < 4.78 is 22.6. The standard InChI is InChI=1S/C16H22O5/c17-8-4-2-1-3-5-15-20-13-7-6-12(11-14(13)21-15)16-18-9-10-19-16/h6-7,11,15-17H,1-5,8-10H2. The minimum Gasteiger partial charge on any atom is -0.451 e. The molecule has 0 bridgehead atoms. The van der Waals surface area contributed by atoms with Crippen molar-refractivity contribution >= 4 is 0 Å². The van der Waals surface area contributed by atoms with Crippen LogP contribution < -0.4 is 9.47 Å². The minimum absolute atomic E-state index is 0.199. The van der Waals surface area contributed by atoms with Crippen LogP contribution in [0.4, 0.5) is 0 Å². The van der Waals surface area contributed by atoms with Gasteiger partial charge < -0.3 is 24.1 Å². The molecule has 1 aromatic rings. The van der Waals surface area contributed by atoms with E-state index >= 15 is 0 Å². The Kier molecular flexibility index (Phi) is 4.95. The highest BCUT2D eigenvalue weighted by atomic mass is 16.7. The second-order valence-electron chi connectivity index (χ2n) is 5.37. The van der Waals surface area contributed by atoms with Crippen molar-refractivity contribution < 1.29 is 24.1 Å². The van der Waals surface area contributed by atoms with Crippen LogP contribution in [-0.4, -0.2) is 31.2 Å². The lowest BCUT2D eigenvalue weighted by atomic mass is 10.1. The first-order chi connectivity index (χ1) is 10.4. The van der Waals surface area contributed by atoms with Gasteiger partial charge in [-0.05, 0) is 31.0 Å². The van der Waals surface area contributed by atoms with E-state index in [1.54, 1.807) is 0 Å². The highest BCUT2D eigenvalue weighted by Gasteiger charge is 2.26. The molecule has 1 saturated heterocycles. The molecule has 0 saturated carbocycles. The third-order valence-corrected chi connectivity index (χ3v) is 3.73. The van der Waals surface area contributed by atoms with Gasteiger partial charge in [-0.1, -0.05) is 12.8 Å². The highest BCUT2D eigenvalue weighted by Crippen LogP contribution is 2.39. The number of aliphatic hydroxyl groups excluding tert-OH is 1. The van der Waals surface area contributed by atoms with Crippen molar-refractivity contribution in [2.45, 2.75) is 44.7 Å². The maximum absolute atomic E-state index is 8.74. The molecular formula is C16H22O5. The van der Waals surface area contributed by atoms with Crippen LogP contribution in [0.5, 0.6) is 11.5 Å². The summed E-state index contributed by atoms with van der Waals surface area (Å²) in [6, 6.07) is 5.82. The van der Waals surface area contributed by atoms with Gasteiger partial charge in [0.1, 0.15) is 0 Å². The number of hydrogen-bond acceptors (Lipinski definition) is 5. The van der Waals surface area contributed by atoms with Crippen LogP contribution in [-0.2, 0) is 9.47 Å². The quantitative estimate of drug-likeness (QED) is 0.784. The molecule has 1 unspecified atom stereocenters. The summed E-state index contributed by atoms with van der Waals surface area (Å²) in [5.41, 5.74) is 0.971. The molecule has 0 amide bonds. The van der Waals surface area contributed by atoms with Crippen LogP contribution in [0, 0.1) is 0 Å². The second kappa shape index (κ2) is 7.11. The van der Waals surface area contributed by atoms with Crippen molar-refractivity contribution in [1.29, 1.82) is 0 Å². The minimum atomic E-state index is -0.281. The number of fused-ring (bicyclic) bond motifs is 1. The van der Waals surface area contributed by atoms with Gasteiger partial charge in [0.05, 0.1) is 13.2 Å². The summed E-state index contributed by atoms with van der Waals surface area (Å²) in [4.78, 5) is 0. The molecule has 5 nitrogen and oxygen atoms in total. The number of unbranched alkanes of at least 4 members (excludes halogenated alkanes) is 3. The van der Waals surface area contributed by atoms with Gasteiger partial charge in [-0.2, -0.15) is 0 Å². The Morgan fingerprint density at radius 2 is 1.71 bits per heavy atom. The van der Waals surface area contributed by atoms with E-state index in [1.807, 2.05) is 18.2 Å². The highest BCUT2D eigenvalue weighted by molar-refractivity contribution is 5.45. The normalized spacial score (nSPS) is 21.1. The molecule has 1 aromatic carbocycles. The van der Waals surface area contributed by atoms with Gasteiger partial charge >= 0.3 is 0 Å². The molecule has 0 spiro atoms. The summed E-state index contributed by atoms with van der Waals surface area (Å²) in [6.45, 7) is 1.54. The van der Waals surface area contributed by atoms with E-state index in [4.69, 9.17) is 24.1 Å². The number of ether oxygens (including phenoxy) is 4. The molecule has 2 heterocycles. The van der Waals surface area contributed by atoms with E-state index in [-0.39, 0.29) is 19.2 Å². The van der Waals surface area contributed by atoms with Gasteiger partial charge in [0, 0.05) is 18.6 Å². The summed E-state index contributed by atoms with van der Waals surface area (Å²) >= 11 is 0. The summed E-state index contributed by atoms with van der Waals surface area (Å²) in [7, 11) is 0. The van der Waals surface area contributed by atoms with E-state index in [2.05, 4.69) is 0 Å². The van der Waals surface area contributed by atoms with Crippen LogP contribution in [0.3, 0.4) is 0 Å². The van der Waals surface area contributed by atoms with Crippen LogP contribution in [0.25, 0.3) is 0 Å². The fourth-order valence-corrected chi connectivity index (χ4v) is 2.61. The molecular weight excluding hydrogens is 272 g/mol. The van der Waals surface area contributed by atoms with Gasteiger partial charge in [0.25, 0.3) is 0 Å². The van der Waals surface area contributed by atoms with Crippen molar-refractivity contribution in [3.63, 3.8) is 0 Å². The van der Waals surface area contributed by atoms with E-state index in [0.29, 0.717) is 13.2 Å². The smallest absolute Gasteiger partial charge is 0.241 e. The number of benzene rings is 1. The van der Waals surface area contributed by atoms with Gasteiger partial charge in [-0.25, -0.2) is 0 Å². The number of hydrogen-bond donors (Lipinski definition) is 1. The van der Waals surface area contributed by atoms with E-state index < -0.39 is 0 Å². The zero-order valence-corrected chi connectivity index (χ0v) is 12.1. The molecule has 1 N–H and O–H groups in total. The van der Waals surface area contributed by atoms with Gasteiger partial charge in [0.2, 0.25) is 6.29 Å². The summed E-state index contributed by atoms with van der Waals surface area (Å²) in [6.07, 6.45) is 4.45. The van der Waals surface area contributed by atoms with E-state index in [9.17, 15) is 0 Å². The van der Waals surface area contributed by atoms with Crippen LogP contribution in [0.15, 0.2) is 18.2 Å². The first-order valence-electron chi connectivity index (χ1n) is 7.68. The first kappa shape index (κ1) is 14.6. The maximum Gasteiger partial charge on any atom is 0.241 e. The lowest BCUT2D eigenvalue weighted by Gasteiger charge is -2.10. The van der Waals surface area contributed by atoms with Gasteiger partial charge in [-0.3, -0.25) is 0 Å². The molecule has 1 fully saturated rings. The Morgan fingerprint density at radius 3 is 2.52 bits per heavy atom. The van der Waals surface area contributed by atoms with Gasteiger partial charge in [0.15, 0.2) is 17.8 Å². The van der Waals surface area contributed by atoms with Crippen LogP contribution in [0.1, 0.15) is 44.0 Å². The Balaban J connectivity index is 1.50. The number of rotatable bonds is 7. The maximum atomic E-state index is 8.74. The van der Waals surface area contributed by atoms with Crippen LogP contribution in [0.2, 0.25) is 0 Å². The van der Waals surface area contributed by atoms with Crippen molar-refractivity contribution in [3.05, 3.63) is 23.8 Å². The van der Waals surface area contributed by atoms with Crippen molar-refractivity contribution in [2.24, 2.45) is 0 Å². The average molecular weight is 294 g/mol. The fourth-order valence-electron chi connectivity index (χ4n) is 2.61. The SMILES string of the molecule is OCCCCCCC1Oc2ccc(C3OCCO3)cc2O1. The Morgan fingerprint density at radius 1 is 0.952 bits per heavy atom. The predicted octanol–water partition coefficient (Wildman–Crippen LogP) is 2.77. The largest absolute Gasteiger partial charge is 0.451 e. The Bertz CT molecular complexity index is 456. The third-order valence-electron chi connectivity index (χ3n) is 3.73. The molecule has 0 radical (unpaired) electrons. The average Bonchev–Trinajstić information content (AvgIpc) is 3.15. The van der Waals surface area contributed by atoms with Crippen molar-refractivity contribution in [1.82, 2.24) is 0 Å². The molecule has 1 atom stereocenters. The predicted molar refractivity (Wildman–Crippen MR) is 76.3 cm³/mol. The van der Waals surface area contributed by atoms with Crippen molar-refractivity contribution in [3.8, 4) is 11.5 Å². The van der Waals surface area contributed by atoms with Crippen LogP contribution >= 0.6 is 0 Å². The zero-order chi connectivity index (χ0) is 14.5. The lowest BCUT2D eigenvalue weighted by Crippen LogP contribution is -2.17. The molecule has 21 heavy (non-hydrogen) atoms. The van der Waals surface area contributed by atoms with Crippen molar-refractivity contribution in [2.75, 3.05) is 19.8 Å². The second-order valence-corrected chi connectivity index (χ2v) is 5.37. The van der Waals surface area contributed by atoms with Gasteiger partial charge in [-0.15, -0.1) is 0 Å². The summed E-state index contributed by atoms with van der Waals surface area (Å²) in [5, 5.41) is 8.74. The third kappa shape index (κ3) is 3.67. The Labute approximate surface area is 124 Å². The van der Waals surface area contributed by atoms with E-state index in [1.165, 1.54) is 0 Å². The monoisotopic (exact) mass is 294 g/mol. The fraction of sp³-hybridized carbons (Fsp3) is 0.625. The molecule has 2 aliphatic rings. The Hall–Kier alpha value is -1.30. The molecule has 0 aromatic heterocycles. The summed E-state index contributed by atoms with van der Waals surface area (Å²) in [5.74, 6) is 1.56. The van der Waals surface area contributed by atoms with E-state index in [0.717, 1.165) is 49.2 Å². The molecule has 5 heteroatoms. The number of aliphatic hydroxyl groups is 1. The zero-order valence-electron chi connectivity index (χ0n) is 12.1. The molecule has 3 rings (SSSR count).